The van der Waals surface area contributed by atoms with Crippen molar-refractivity contribution in [2.24, 2.45) is 5.73 Å². The van der Waals surface area contributed by atoms with Crippen LogP contribution in [0, 0.1) is 0 Å². The number of rotatable bonds is 5. The van der Waals surface area contributed by atoms with Gasteiger partial charge in [-0.3, -0.25) is 0 Å². The van der Waals surface area contributed by atoms with Crippen LogP contribution in [-0.4, -0.2) is 10.2 Å². The Kier molecular flexibility index (Phi) is 4.43. The summed E-state index contributed by atoms with van der Waals surface area (Å²) in [6.07, 6.45) is 4.18. The Morgan fingerprint density at radius 3 is 2.67 bits per heavy atom. The second-order valence-corrected chi connectivity index (χ2v) is 3.82. The largest absolute Gasteiger partial charge is 0.504 e. The Labute approximate surface area is 90.5 Å². The molecular formula is C12H19NO2. The third-order valence-electron chi connectivity index (χ3n) is 2.56. The van der Waals surface area contributed by atoms with Crippen LogP contribution in [0.4, 0.5) is 0 Å². The van der Waals surface area contributed by atoms with E-state index in [1.165, 1.54) is 6.07 Å². The van der Waals surface area contributed by atoms with Crippen LogP contribution < -0.4 is 5.73 Å². The molecule has 1 aromatic rings. The molecule has 0 aliphatic carbocycles. The molecule has 0 aromatic heterocycles. The van der Waals surface area contributed by atoms with Crippen LogP contribution in [-0.2, 0) is 0 Å². The maximum Gasteiger partial charge on any atom is 0.162 e. The minimum atomic E-state index is -0.191. The lowest BCUT2D eigenvalue weighted by Gasteiger charge is -2.13. The van der Waals surface area contributed by atoms with Crippen molar-refractivity contribution in [3.63, 3.8) is 0 Å². The monoisotopic (exact) mass is 209 g/mol. The molecule has 0 unspecified atom stereocenters. The zero-order valence-corrected chi connectivity index (χ0v) is 9.11. The number of hydrogen-bond acceptors (Lipinski definition) is 3. The fourth-order valence-electron chi connectivity index (χ4n) is 1.62. The Bertz CT molecular complexity index is 312. The van der Waals surface area contributed by atoms with Gasteiger partial charge in [0.25, 0.3) is 0 Å². The van der Waals surface area contributed by atoms with E-state index < -0.39 is 0 Å². The minimum Gasteiger partial charge on any atom is -0.504 e. The molecule has 1 atom stereocenters. The van der Waals surface area contributed by atoms with Crippen molar-refractivity contribution in [3.8, 4) is 11.5 Å². The second kappa shape index (κ2) is 5.61. The number of nitrogens with two attached hydrogens (primary N) is 1. The first-order chi connectivity index (χ1) is 7.16. The minimum absolute atomic E-state index is 0.0819. The number of phenols is 2. The summed E-state index contributed by atoms with van der Waals surface area (Å²) in [6, 6.07) is 4.72. The van der Waals surface area contributed by atoms with Crippen molar-refractivity contribution in [1.29, 1.82) is 0 Å². The number of benzene rings is 1. The summed E-state index contributed by atoms with van der Waals surface area (Å²) in [6.45, 7) is 2.14. The summed E-state index contributed by atoms with van der Waals surface area (Å²) in [5.41, 5.74) is 6.57. The van der Waals surface area contributed by atoms with Crippen molar-refractivity contribution < 1.29 is 10.2 Å². The van der Waals surface area contributed by atoms with Gasteiger partial charge in [0.15, 0.2) is 11.5 Å². The predicted octanol–water partition coefficient (Wildman–Crippen LogP) is 2.68. The third kappa shape index (κ3) is 3.13. The first-order valence-corrected chi connectivity index (χ1v) is 5.43. The lowest BCUT2D eigenvalue weighted by molar-refractivity contribution is 0.394. The fraction of sp³-hybridized carbons (Fsp3) is 0.500. The van der Waals surface area contributed by atoms with Crippen LogP contribution in [0.2, 0.25) is 0 Å². The molecule has 0 aliphatic heterocycles. The molecule has 1 aromatic carbocycles. The van der Waals surface area contributed by atoms with Crippen LogP contribution in [0.15, 0.2) is 18.2 Å². The summed E-state index contributed by atoms with van der Waals surface area (Å²) in [5.74, 6) is -0.181. The van der Waals surface area contributed by atoms with E-state index in [0.717, 1.165) is 25.7 Å². The molecule has 0 amide bonds. The number of para-hydroxylation sites is 1. The van der Waals surface area contributed by atoms with Crippen molar-refractivity contribution in [2.45, 2.75) is 38.6 Å². The van der Waals surface area contributed by atoms with Crippen molar-refractivity contribution in [3.05, 3.63) is 23.8 Å². The van der Waals surface area contributed by atoms with Crippen LogP contribution in [0.3, 0.4) is 0 Å². The molecule has 0 saturated heterocycles. The summed E-state index contributed by atoms with van der Waals surface area (Å²) in [4.78, 5) is 0. The van der Waals surface area contributed by atoms with E-state index in [1.807, 2.05) is 0 Å². The topological polar surface area (TPSA) is 66.5 Å². The molecule has 3 nitrogen and oxygen atoms in total. The van der Waals surface area contributed by atoms with Crippen molar-refractivity contribution >= 4 is 0 Å². The van der Waals surface area contributed by atoms with Gasteiger partial charge in [-0.15, -0.1) is 0 Å². The molecule has 0 saturated carbocycles. The molecule has 0 bridgehead atoms. The highest BCUT2D eigenvalue weighted by Gasteiger charge is 2.12. The zero-order valence-electron chi connectivity index (χ0n) is 9.11. The average molecular weight is 209 g/mol. The van der Waals surface area contributed by atoms with Gasteiger partial charge in [-0.05, 0) is 12.5 Å². The van der Waals surface area contributed by atoms with Gasteiger partial charge in [-0.1, -0.05) is 38.3 Å². The lowest BCUT2D eigenvalue weighted by Crippen LogP contribution is -2.10. The second-order valence-electron chi connectivity index (χ2n) is 3.82. The summed E-state index contributed by atoms with van der Waals surface area (Å²) >= 11 is 0. The highest BCUT2D eigenvalue weighted by molar-refractivity contribution is 5.45. The number of aromatic hydroxyl groups is 2. The molecular weight excluding hydrogens is 190 g/mol. The Balaban J connectivity index is 2.65. The van der Waals surface area contributed by atoms with E-state index in [1.54, 1.807) is 12.1 Å². The highest BCUT2D eigenvalue weighted by Crippen LogP contribution is 2.33. The van der Waals surface area contributed by atoms with E-state index in [2.05, 4.69) is 6.92 Å². The molecule has 0 spiro atoms. The van der Waals surface area contributed by atoms with Crippen LogP contribution >= 0.6 is 0 Å². The predicted molar refractivity (Wildman–Crippen MR) is 60.8 cm³/mol. The molecule has 4 N–H and O–H groups in total. The molecule has 15 heavy (non-hydrogen) atoms. The van der Waals surface area contributed by atoms with Gasteiger partial charge >= 0.3 is 0 Å². The van der Waals surface area contributed by atoms with E-state index in [4.69, 9.17) is 5.73 Å². The van der Waals surface area contributed by atoms with E-state index >= 15 is 0 Å². The standard InChI is InChI=1S/C12H19NO2/c1-2-3-4-7-10(13)9-6-5-8-11(14)12(9)15/h5-6,8,10,14-15H,2-4,7,13H2,1H3/t10-/m1/s1. The lowest BCUT2D eigenvalue weighted by atomic mass is 10.00. The van der Waals surface area contributed by atoms with E-state index in [0.29, 0.717) is 5.56 Å². The maximum atomic E-state index is 9.59. The number of hydrogen-bond donors (Lipinski definition) is 3. The summed E-state index contributed by atoms with van der Waals surface area (Å²) in [7, 11) is 0. The molecule has 0 heterocycles. The van der Waals surface area contributed by atoms with Crippen molar-refractivity contribution in [2.75, 3.05) is 0 Å². The molecule has 84 valence electrons. The number of phenolic OH excluding ortho intramolecular Hbond substituents is 2. The molecule has 0 fully saturated rings. The molecule has 3 heteroatoms. The maximum absolute atomic E-state index is 9.59. The van der Waals surface area contributed by atoms with E-state index in [-0.39, 0.29) is 17.5 Å². The molecule has 0 aliphatic rings. The van der Waals surface area contributed by atoms with E-state index in [9.17, 15) is 10.2 Å². The zero-order chi connectivity index (χ0) is 11.3. The van der Waals surface area contributed by atoms with Crippen molar-refractivity contribution in [1.82, 2.24) is 0 Å². The van der Waals surface area contributed by atoms with Crippen LogP contribution in [0.5, 0.6) is 11.5 Å². The fourth-order valence-corrected chi connectivity index (χ4v) is 1.62. The average Bonchev–Trinajstić information content (AvgIpc) is 2.22. The summed E-state index contributed by atoms with van der Waals surface area (Å²) in [5, 5.41) is 18.9. The third-order valence-corrected chi connectivity index (χ3v) is 2.56. The highest BCUT2D eigenvalue weighted by atomic mass is 16.3. The van der Waals surface area contributed by atoms with Gasteiger partial charge < -0.3 is 15.9 Å². The van der Waals surface area contributed by atoms with Gasteiger partial charge in [0, 0.05) is 11.6 Å². The van der Waals surface area contributed by atoms with Gasteiger partial charge in [0.05, 0.1) is 0 Å². The normalized spacial score (nSPS) is 12.7. The van der Waals surface area contributed by atoms with Gasteiger partial charge in [-0.2, -0.15) is 0 Å². The van der Waals surface area contributed by atoms with Gasteiger partial charge in [0.2, 0.25) is 0 Å². The Hall–Kier alpha value is -1.22. The smallest absolute Gasteiger partial charge is 0.162 e. The Morgan fingerprint density at radius 2 is 2.00 bits per heavy atom. The summed E-state index contributed by atoms with van der Waals surface area (Å²) < 4.78 is 0. The first-order valence-electron chi connectivity index (χ1n) is 5.43. The SMILES string of the molecule is CCCCC[C@@H](N)c1cccc(O)c1O. The first kappa shape index (κ1) is 11.9. The van der Waals surface area contributed by atoms with Crippen LogP contribution in [0.1, 0.15) is 44.2 Å². The number of unbranched alkanes of at least 4 members (excludes halogenated alkanes) is 2. The molecule has 1 rings (SSSR count). The van der Waals surface area contributed by atoms with Gasteiger partial charge in [0.1, 0.15) is 0 Å². The quantitative estimate of drug-likeness (QED) is 0.516. The van der Waals surface area contributed by atoms with Gasteiger partial charge in [-0.25, -0.2) is 0 Å². The molecule has 0 radical (unpaired) electrons. The Morgan fingerprint density at radius 1 is 1.27 bits per heavy atom. The van der Waals surface area contributed by atoms with Crippen LogP contribution in [0.25, 0.3) is 0 Å².